The number of rotatable bonds is 6. The molecule has 1 heterocycles. The number of nitrogens with zero attached hydrogens (tertiary/aromatic N) is 1. The van der Waals surface area contributed by atoms with E-state index in [2.05, 4.69) is 9.46 Å². The van der Waals surface area contributed by atoms with E-state index in [9.17, 15) is 26.4 Å². The Kier molecular flexibility index (Phi) is 6.88. The van der Waals surface area contributed by atoms with Crippen molar-refractivity contribution in [2.75, 3.05) is 19.3 Å². The van der Waals surface area contributed by atoms with Gasteiger partial charge in [0, 0.05) is 30.8 Å². The van der Waals surface area contributed by atoms with Crippen LogP contribution >= 0.6 is 0 Å². The fraction of sp³-hybridized carbons (Fsp3) is 0.471. The highest BCUT2D eigenvalue weighted by Crippen LogP contribution is 2.27. The van der Waals surface area contributed by atoms with Crippen LogP contribution in [0.4, 0.5) is 13.2 Å². The summed E-state index contributed by atoms with van der Waals surface area (Å²) in [6.45, 7) is 0.562. The zero-order chi connectivity index (χ0) is 20.1. The molecule has 1 fully saturated rings. The molecule has 1 aromatic carbocycles. The second-order valence-electron chi connectivity index (χ2n) is 6.22. The van der Waals surface area contributed by atoms with Crippen LogP contribution in [0, 0.1) is 0 Å². The maximum Gasteiger partial charge on any atom is 0.573 e. The van der Waals surface area contributed by atoms with Crippen molar-refractivity contribution in [2.24, 2.45) is 0 Å². The molecular weight excluding hydrogens is 385 g/mol. The van der Waals surface area contributed by atoms with Gasteiger partial charge in [0.25, 0.3) is 0 Å². The lowest BCUT2D eigenvalue weighted by Gasteiger charge is -2.35. The van der Waals surface area contributed by atoms with Gasteiger partial charge in [-0.2, -0.15) is 0 Å². The van der Waals surface area contributed by atoms with Crippen molar-refractivity contribution in [1.82, 2.24) is 9.62 Å². The van der Waals surface area contributed by atoms with Crippen molar-refractivity contribution in [3.05, 3.63) is 35.9 Å². The number of para-hydroxylation sites is 1. The molecule has 1 aromatic rings. The number of amides is 1. The third-order valence-electron chi connectivity index (χ3n) is 4.04. The third-order valence-corrected chi connectivity index (χ3v) is 4.73. The van der Waals surface area contributed by atoms with Crippen molar-refractivity contribution in [2.45, 2.75) is 31.7 Å². The number of piperidine rings is 1. The van der Waals surface area contributed by atoms with E-state index in [1.165, 1.54) is 35.3 Å². The van der Waals surface area contributed by atoms with Crippen molar-refractivity contribution in [3.63, 3.8) is 0 Å². The van der Waals surface area contributed by atoms with Gasteiger partial charge in [-0.3, -0.25) is 4.79 Å². The van der Waals surface area contributed by atoms with Crippen molar-refractivity contribution < 1.29 is 31.1 Å². The zero-order valence-electron chi connectivity index (χ0n) is 14.7. The Bertz CT molecular complexity index is 794. The number of hydrogen-bond acceptors (Lipinski definition) is 4. The summed E-state index contributed by atoms with van der Waals surface area (Å²) in [4.78, 5) is 14.0. The Morgan fingerprint density at radius 1 is 1.33 bits per heavy atom. The first kappa shape index (κ1) is 21.2. The predicted molar refractivity (Wildman–Crippen MR) is 94.4 cm³/mol. The summed E-state index contributed by atoms with van der Waals surface area (Å²) < 4.78 is 66.3. The van der Waals surface area contributed by atoms with Gasteiger partial charge in [-0.1, -0.05) is 18.2 Å². The molecule has 1 unspecified atom stereocenters. The molecule has 0 saturated carbocycles. The van der Waals surface area contributed by atoms with E-state index in [1.807, 2.05) is 0 Å². The van der Waals surface area contributed by atoms with Gasteiger partial charge in [-0.25, -0.2) is 13.1 Å². The Morgan fingerprint density at radius 3 is 2.70 bits per heavy atom. The monoisotopic (exact) mass is 406 g/mol. The smallest absolute Gasteiger partial charge is 0.405 e. The Balaban J connectivity index is 2.10. The van der Waals surface area contributed by atoms with Crippen LogP contribution in [0.5, 0.6) is 5.75 Å². The first-order valence-electron chi connectivity index (χ1n) is 8.33. The molecule has 10 heteroatoms. The standard InChI is InChI=1S/C17H21F3N2O4S/c1-27(24,25)21-12-14-7-4-5-11-22(14)16(23)10-9-13-6-2-3-8-15(13)26-17(18,19)20/h2-3,6,8-10,14,21H,4-5,7,11-12H2,1H3/b10-9+. The van der Waals surface area contributed by atoms with Crippen LogP contribution in [0.3, 0.4) is 0 Å². The van der Waals surface area contributed by atoms with E-state index in [-0.39, 0.29) is 18.2 Å². The lowest BCUT2D eigenvalue weighted by atomic mass is 10.0. The van der Waals surface area contributed by atoms with E-state index in [0.717, 1.165) is 25.2 Å². The van der Waals surface area contributed by atoms with Gasteiger partial charge in [0.15, 0.2) is 0 Å². The number of benzene rings is 1. The van der Waals surface area contributed by atoms with E-state index in [1.54, 1.807) is 0 Å². The second kappa shape index (κ2) is 8.75. The van der Waals surface area contributed by atoms with Crippen LogP contribution in [0.15, 0.2) is 30.3 Å². The molecule has 2 rings (SSSR count). The van der Waals surface area contributed by atoms with E-state index in [0.29, 0.717) is 13.0 Å². The molecular formula is C17H21F3N2O4S. The number of alkyl halides is 3. The summed E-state index contributed by atoms with van der Waals surface area (Å²) in [5, 5.41) is 0. The Labute approximate surface area is 156 Å². The van der Waals surface area contributed by atoms with Crippen LogP contribution < -0.4 is 9.46 Å². The molecule has 6 nitrogen and oxygen atoms in total. The molecule has 1 aliphatic rings. The van der Waals surface area contributed by atoms with Crippen molar-refractivity contribution in [1.29, 1.82) is 0 Å². The zero-order valence-corrected chi connectivity index (χ0v) is 15.5. The number of halogens is 3. The fourth-order valence-electron chi connectivity index (χ4n) is 2.84. The first-order chi connectivity index (χ1) is 12.6. The molecule has 1 aliphatic heterocycles. The number of ether oxygens (including phenoxy) is 1. The van der Waals surface area contributed by atoms with E-state index in [4.69, 9.17) is 0 Å². The average Bonchev–Trinajstić information content (AvgIpc) is 2.57. The van der Waals surface area contributed by atoms with Crippen LogP contribution in [0.25, 0.3) is 6.08 Å². The number of hydrogen-bond donors (Lipinski definition) is 1. The van der Waals surface area contributed by atoms with Crippen LogP contribution in [0.2, 0.25) is 0 Å². The number of sulfonamides is 1. The second-order valence-corrected chi connectivity index (χ2v) is 8.05. The maximum absolute atomic E-state index is 12.5. The largest absolute Gasteiger partial charge is 0.573 e. The van der Waals surface area contributed by atoms with Crippen molar-refractivity contribution in [3.8, 4) is 5.75 Å². The summed E-state index contributed by atoms with van der Waals surface area (Å²) in [6, 6.07) is 5.21. The minimum absolute atomic E-state index is 0.103. The van der Waals surface area contributed by atoms with E-state index < -0.39 is 28.0 Å². The highest BCUT2D eigenvalue weighted by molar-refractivity contribution is 7.88. The normalized spacial score (nSPS) is 18.7. The van der Waals surface area contributed by atoms with Gasteiger partial charge in [0.05, 0.1) is 6.26 Å². The predicted octanol–water partition coefficient (Wildman–Crippen LogP) is 2.53. The maximum atomic E-state index is 12.5. The number of carbonyl (C=O) groups excluding carboxylic acids is 1. The minimum Gasteiger partial charge on any atom is -0.405 e. The molecule has 27 heavy (non-hydrogen) atoms. The summed E-state index contributed by atoms with van der Waals surface area (Å²) in [6.07, 6.45) is 0.948. The summed E-state index contributed by atoms with van der Waals surface area (Å²) in [5.41, 5.74) is 0.117. The van der Waals surface area contributed by atoms with Gasteiger partial charge >= 0.3 is 6.36 Å². The van der Waals surface area contributed by atoms with Gasteiger partial charge in [0.1, 0.15) is 5.75 Å². The van der Waals surface area contributed by atoms with Gasteiger partial charge < -0.3 is 9.64 Å². The SMILES string of the molecule is CS(=O)(=O)NCC1CCCCN1C(=O)/C=C/c1ccccc1OC(F)(F)F. The molecule has 0 aliphatic carbocycles. The Morgan fingerprint density at radius 2 is 2.04 bits per heavy atom. The highest BCUT2D eigenvalue weighted by atomic mass is 32.2. The number of carbonyl (C=O) groups is 1. The molecule has 1 N–H and O–H groups in total. The molecule has 0 radical (unpaired) electrons. The molecule has 150 valence electrons. The molecule has 0 aromatic heterocycles. The van der Waals surface area contributed by atoms with Gasteiger partial charge in [-0.15, -0.1) is 13.2 Å². The fourth-order valence-corrected chi connectivity index (χ4v) is 3.34. The summed E-state index contributed by atoms with van der Waals surface area (Å²) in [5.74, 6) is -0.792. The summed E-state index contributed by atoms with van der Waals surface area (Å²) in [7, 11) is -3.38. The molecule has 0 bridgehead atoms. The molecule has 1 amide bonds. The van der Waals surface area contributed by atoms with Crippen LogP contribution in [0.1, 0.15) is 24.8 Å². The molecule has 1 atom stereocenters. The average molecular weight is 406 g/mol. The minimum atomic E-state index is -4.83. The quantitative estimate of drug-likeness (QED) is 0.737. The first-order valence-corrected chi connectivity index (χ1v) is 10.2. The van der Waals surface area contributed by atoms with E-state index >= 15 is 0 Å². The summed E-state index contributed by atoms with van der Waals surface area (Å²) >= 11 is 0. The molecule has 1 saturated heterocycles. The van der Waals surface area contributed by atoms with Gasteiger partial charge in [-0.05, 0) is 31.4 Å². The highest BCUT2D eigenvalue weighted by Gasteiger charge is 2.32. The van der Waals surface area contributed by atoms with Gasteiger partial charge in [0.2, 0.25) is 15.9 Å². The van der Waals surface area contributed by atoms with Crippen LogP contribution in [-0.4, -0.2) is 51.0 Å². The Hall–Kier alpha value is -2.07. The number of nitrogens with one attached hydrogen (secondary N) is 1. The third kappa shape index (κ3) is 7.22. The lowest BCUT2D eigenvalue weighted by molar-refractivity contribution is -0.274. The molecule has 0 spiro atoms. The topological polar surface area (TPSA) is 75.7 Å². The lowest BCUT2D eigenvalue weighted by Crippen LogP contribution is -2.48. The van der Waals surface area contributed by atoms with Crippen molar-refractivity contribution >= 4 is 22.0 Å². The number of likely N-dealkylation sites (tertiary alicyclic amines) is 1. The van der Waals surface area contributed by atoms with Crippen LogP contribution in [-0.2, 0) is 14.8 Å².